The summed E-state index contributed by atoms with van der Waals surface area (Å²) in [5.74, 6) is 0.0180. The van der Waals surface area contributed by atoms with Crippen LogP contribution in [0, 0.1) is 5.92 Å². The molecule has 0 fully saturated rings. The normalized spacial score (nSPS) is 12.6. The van der Waals surface area contributed by atoms with Gasteiger partial charge in [0.05, 0.1) is 11.7 Å². The number of rotatable bonds is 6. The van der Waals surface area contributed by atoms with Crippen LogP contribution >= 0.6 is 0 Å². The highest BCUT2D eigenvalue weighted by Crippen LogP contribution is 2.24. The number of aromatic nitrogens is 1. The number of carboxylic acid groups (broad SMARTS) is 1. The minimum absolute atomic E-state index is 0.180. The molecular weight excluding hydrogens is 268 g/mol. The van der Waals surface area contributed by atoms with Crippen molar-refractivity contribution in [3.8, 4) is 0 Å². The van der Waals surface area contributed by atoms with Gasteiger partial charge in [-0.3, -0.25) is 0 Å². The van der Waals surface area contributed by atoms with Gasteiger partial charge >= 0.3 is 5.97 Å². The summed E-state index contributed by atoms with van der Waals surface area (Å²) in [4.78, 5) is 15.4. The van der Waals surface area contributed by atoms with Crippen LogP contribution in [0.4, 0.5) is 5.82 Å². The number of nitrogens with one attached hydrogen (secondary N) is 1. The summed E-state index contributed by atoms with van der Waals surface area (Å²) in [6.45, 7) is 4.50. The van der Waals surface area contributed by atoms with Crippen LogP contribution in [-0.4, -0.2) is 33.8 Å². The van der Waals surface area contributed by atoms with Crippen molar-refractivity contribution in [1.29, 1.82) is 0 Å². The van der Waals surface area contributed by atoms with Crippen LogP contribution in [0.3, 0.4) is 0 Å². The molecule has 1 unspecified atom stereocenters. The van der Waals surface area contributed by atoms with Gasteiger partial charge in [0.25, 0.3) is 0 Å². The molecule has 0 saturated carbocycles. The second-order valence-electron chi connectivity index (χ2n) is 5.54. The summed E-state index contributed by atoms with van der Waals surface area (Å²) in [5.41, 5.74) is 0.180. The standard InChI is InChI=1S/C16H20N2O3/c1-10(2)7-11(19)8-17-15-13-6-4-3-5-12(13)14(9-18-15)16(20)21/h3-6,9-11,19H,7-8H2,1-2H3,(H,17,18)(H,20,21). The molecule has 5 heteroatoms. The molecule has 112 valence electrons. The van der Waals surface area contributed by atoms with Crippen LogP contribution < -0.4 is 5.32 Å². The van der Waals surface area contributed by atoms with Crippen LogP contribution in [0.5, 0.6) is 0 Å². The van der Waals surface area contributed by atoms with Gasteiger partial charge < -0.3 is 15.5 Å². The van der Waals surface area contributed by atoms with E-state index in [1.165, 1.54) is 6.20 Å². The average molecular weight is 288 g/mol. The Labute approximate surface area is 123 Å². The Morgan fingerprint density at radius 2 is 1.95 bits per heavy atom. The van der Waals surface area contributed by atoms with Crippen LogP contribution in [0.15, 0.2) is 30.5 Å². The van der Waals surface area contributed by atoms with E-state index in [1.807, 2.05) is 12.1 Å². The molecule has 0 spiro atoms. The van der Waals surface area contributed by atoms with Crippen molar-refractivity contribution in [3.05, 3.63) is 36.0 Å². The van der Waals surface area contributed by atoms with Gasteiger partial charge in [0.2, 0.25) is 0 Å². The molecule has 21 heavy (non-hydrogen) atoms. The molecule has 0 radical (unpaired) electrons. The zero-order valence-corrected chi connectivity index (χ0v) is 12.2. The van der Waals surface area contributed by atoms with E-state index in [2.05, 4.69) is 24.1 Å². The van der Waals surface area contributed by atoms with E-state index in [0.717, 1.165) is 5.39 Å². The third-order valence-corrected chi connectivity index (χ3v) is 3.27. The van der Waals surface area contributed by atoms with Gasteiger partial charge in [-0.2, -0.15) is 0 Å². The molecule has 1 aromatic heterocycles. The topological polar surface area (TPSA) is 82.5 Å². The highest BCUT2D eigenvalue weighted by atomic mass is 16.4. The molecule has 0 aliphatic rings. The second-order valence-corrected chi connectivity index (χ2v) is 5.54. The quantitative estimate of drug-likeness (QED) is 0.761. The van der Waals surface area contributed by atoms with Gasteiger partial charge in [-0.15, -0.1) is 0 Å². The Hall–Kier alpha value is -2.14. The maximum absolute atomic E-state index is 11.2. The number of carbonyl (C=O) groups is 1. The highest BCUT2D eigenvalue weighted by molar-refractivity contribution is 6.06. The Bertz CT molecular complexity index is 640. The number of fused-ring (bicyclic) bond motifs is 1. The van der Waals surface area contributed by atoms with E-state index in [1.54, 1.807) is 12.1 Å². The first kappa shape index (κ1) is 15.3. The smallest absolute Gasteiger partial charge is 0.337 e. The summed E-state index contributed by atoms with van der Waals surface area (Å²) in [7, 11) is 0. The molecule has 5 nitrogen and oxygen atoms in total. The van der Waals surface area contributed by atoms with Gasteiger partial charge in [0.15, 0.2) is 0 Å². The van der Waals surface area contributed by atoms with E-state index in [9.17, 15) is 15.0 Å². The number of aromatic carboxylic acids is 1. The van der Waals surface area contributed by atoms with E-state index in [-0.39, 0.29) is 5.56 Å². The number of carboxylic acids is 1. The lowest BCUT2D eigenvalue weighted by Crippen LogP contribution is -2.21. The van der Waals surface area contributed by atoms with E-state index >= 15 is 0 Å². The number of hydrogen-bond donors (Lipinski definition) is 3. The average Bonchev–Trinajstić information content (AvgIpc) is 2.43. The number of hydrogen-bond acceptors (Lipinski definition) is 4. The molecule has 0 amide bonds. The molecular formula is C16H20N2O3. The molecule has 1 atom stereocenters. The summed E-state index contributed by atoms with van der Waals surface area (Å²) in [6, 6.07) is 7.22. The Kier molecular flexibility index (Phi) is 4.75. The molecule has 2 rings (SSSR count). The summed E-state index contributed by atoms with van der Waals surface area (Å²) < 4.78 is 0. The second kappa shape index (κ2) is 6.54. The predicted molar refractivity (Wildman–Crippen MR) is 82.7 cm³/mol. The minimum Gasteiger partial charge on any atom is -0.478 e. The largest absolute Gasteiger partial charge is 0.478 e. The first-order chi connectivity index (χ1) is 9.99. The van der Waals surface area contributed by atoms with Crippen LogP contribution in [0.1, 0.15) is 30.6 Å². The fourth-order valence-corrected chi connectivity index (χ4v) is 2.35. The number of benzene rings is 1. The molecule has 1 aromatic carbocycles. The first-order valence-corrected chi connectivity index (χ1v) is 7.02. The van der Waals surface area contributed by atoms with Crippen LogP contribution in [-0.2, 0) is 0 Å². The minimum atomic E-state index is -0.995. The lowest BCUT2D eigenvalue weighted by Gasteiger charge is -2.15. The molecule has 2 aromatic rings. The SMILES string of the molecule is CC(C)CC(O)CNc1ncc(C(=O)O)c2ccccc12. The molecule has 0 bridgehead atoms. The highest BCUT2D eigenvalue weighted by Gasteiger charge is 2.13. The van der Waals surface area contributed by atoms with Gasteiger partial charge in [-0.05, 0) is 12.3 Å². The van der Waals surface area contributed by atoms with Crippen molar-refractivity contribution in [2.75, 3.05) is 11.9 Å². The lowest BCUT2D eigenvalue weighted by molar-refractivity contribution is 0.0698. The first-order valence-electron chi connectivity index (χ1n) is 7.02. The number of aliphatic hydroxyl groups is 1. The molecule has 1 heterocycles. The maximum atomic E-state index is 11.2. The van der Waals surface area contributed by atoms with Crippen LogP contribution in [0.2, 0.25) is 0 Å². The van der Waals surface area contributed by atoms with Gasteiger partial charge in [0.1, 0.15) is 5.82 Å². The van der Waals surface area contributed by atoms with Gasteiger partial charge in [-0.1, -0.05) is 38.1 Å². The van der Waals surface area contributed by atoms with Gasteiger partial charge in [0, 0.05) is 23.5 Å². The van der Waals surface area contributed by atoms with Crippen molar-refractivity contribution in [2.45, 2.75) is 26.4 Å². The number of aliphatic hydroxyl groups excluding tert-OH is 1. The van der Waals surface area contributed by atoms with E-state index < -0.39 is 12.1 Å². The third kappa shape index (κ3) is 3.70. The summed E-state index contributed by atoms with van der Waals surface area (Å²) >= 11 is 0. The Morgan fingerprint density at radius 3 is 2.57 bits per heavy atom. The Balaban J connectivity index is 2.25. The number of pyridine rings is 1. The van der Waals surface area contributed by atoms with Gasteiger partial charge in [-0.25, -0.2) is 9.78 Å². The zero-order valence-electron chi connectivity index (χ0n) is 12.2. The van der Waals surface area contributed by atoms with E-state index in [0.29, 0.717) is 30.1 Å². The maximum Gasteiger partial charge on any atom is 0.337 e. The fourth-order valence-electron chi connectivity index (χ4n) is 2.35. The number of anilines is 1. The van der Waals surface area contributed by atoms with Crippen molar-refractivity contribution >= 4 is 22.6 Å². The third-order valence-electron chi connectivity index (χ3n) is 3.27. The fraction of sp³-hybridized carbons (Fsp3) is 0.375. The lowest BCUT2D eigenvalue weighted by atomic mass is 10.1. The van der Waals surface area contributed by atoms with Crippen molar-refractivity contribution in [3.63, 3.8) is 0 Å². The van der Waals surface area contributed by atoms with E-state index in [4.69, 9.17) is 0 Å². The Morgan fingerprint density at radius 1 is 1.29 bits per heavy atom. The molecule has 3 N–H and O–H groups in total. The van der Waals surface area contributed by atoms with Crippen LogP contribution in [0.25, 0.3) is 10.8 Å². The summed E-state index contributed by atoms with van der Waals surface area (Å²) in [6.07, 6.45) is 1.60. The molecule has 0 aliphatic heterocycles. The molecule has 0 aliphatic carbocycles. The number of nitrogens with zero attached hydrogens (tertiary/aromatic N) is 1. The molecule has 0 saturated heterocycles. The summed E-state index contributed by atoms with van der Waals surface area (Å²) in [5, 5.41) is 23.6. The monoisotopic (exact) mass is 288 g/mol. The van der Waals surface area contributed by atoms with Crippen molar-refractivity contribution < 1.29 is 15.0 Å². The van der Waals surface area contributed by atoms with Crippen molar-refractivity contribution in [2.24, 2.45) is 5.92 Å². The zero-order chi connectivity index (χ0) is 15.4. The van der Waals surface area contributed by atoms with Crippen molar-refractivity contribution in [1.82, 2.24) is 4.98 Å². The predicted octanol–water partition coefficient (Wildman–Crippen LogP) is 2.75.